The number of hydrogen-bond acceptors (Lipinski definition) is 4. The summed E-state index contributed by atoms with van der Waals surface area (Å²) in [5.74, 6) is 1.31. The SMILES string of the molecule is CCNC(=NCC(C)(C)S(C)(=O)=O)NCCc1ccc(OC)cc1Cl.I. The fourth-order valence-corrected chi connectivity index (χ4v) is 2.47. The topological polar surface area (TPSA) is 79.8 Å². The van der Waals surface area contributed by atoms with Gasteiger partial charge < -0.3 is 15.4 Å². The summed E-state index contributed by atoms with van der Waals surface area (Å²) in [5, 5.41) is 6.97. The Morgan fingerprint density at radius 2 is 1.96 bits per heavy atom. The van der Waals surface area contributed by atoms with Crippen LogP contribution < -0.4 is 15.4 Å². The Labute approximate surface area is 179 Å². The highest BCUT2D eigenvalue weighted by molar-refractivity contribution is 14.0. The van der Waals surface area contributed by atoms with Crippen molar-refractivity contribution < 1.29 is 13.2 Å². The Morgan fingerprint density at radius 1 is 1.31 bits per heavy atom. The number of hydrogen-bond donors (Lipinski definition) is 2. The maximum absolute atomic E-state index is 11.8. The third-order valence-corrected chi connectivity index (χ3v) is 6.40. The molecule has 0 saturated carbocycles. The summed E-state index contributed by atoms with van der Waals surface area (Å²) in [4.78, 5) is 4.39. The molecule has 0 aromatic heterocycles. The van der Waals surface area contributed by atoms with Crippen molar-refractivity contribution in [2.45, 2.75) is 31.9 Å². The van der Waals surface area contributed by atoms with Crippen LogP contribution in [0.2, 0.25) is 5.02 Å². The molecule has 0 bridgehead atoms. The second-order valence-corrected chi connectivity index (χ2v) is 9.42. The van der Waals surface area contributed by atoms with Crippen molar-refractivity contribution in [3.63, 3.8) is 0 Å². The lowest BCUT2D eigenvalue weighted by Gasteiger charge is -2.21. The quantitative estimate of drug-likeness (QED) is 0.315. The number of benzene rings is 1. The molecule has 1 aromatic rings. The van der Waals surface area contributed by atoms with Gasteiger partial charge in [0.1, 0.15) is 5.75 Å². The third-order valence-electron chi connectivity index (χ3n) is 3.91. The maximum Gasteiger partial charge on any atom is 0.191 e. The lowest BCUT2D eigenvalue weighted by molar-refractivity contribution is 0.414. The van der Waals surface area contributed by atoms with Gasteiger partial charge in [0.15, 0.2) is 15.8 Å². The molecular weight excluding hydrogens is 489 g/mol. The second-order valence-electron chi connectivity index (χ2n) is 6.36. The van der Waals surface area contributed by atoms with E-state index in [1.807, 2.05) is 19.1 Å². The highest BCUT2D eigenvalue weighted by Crippen LogP contribution is 2.22. The molecule has 0 spiro atoms. The molecule has 0 radical (unpaired) electrons. The summed E-state index contributed by atoms with van der Waals surface area (Å²) in [6.07, 6.45) is 1.94. The van der Waals surface area contributed by atoms with Crippen LogP contribution in [-0.4, -0.2) is 52.1 Å². The predicted octanol–water partition coefficient (Wildman–Crippen LogP) is 2.89. The zero-order chi connectivity index (χ0) is 19.1. The summed E-state index contributed by atoms with van der Waals surface area (Å²) < 4.78 is 27.8. The Bertz CT molecular complexity index is 709. The van der Waals surface area contributed by atoms with Crippen LogP contribution in [-0.2, 0) is 16.3 Å². The van der Waals surface area contributed by atoms with Gasteiger partial charge in [0, 0.05) is 24.4 Å². The van der Waals surface area contributed by atoms with Gasteiger partial charge >= 0.3 is 0 Å². The number of methoxy groups -OCH3 is 1. The summed E-state index contributed by atoms with van der Waals surface area (Å²) in [6.45, 7) is 6.80. The molecule has 6 nitrogen and oxygen atoms in total. The van der Waals surface area contributed by atoms with Gasteiger partial charge in [-0.05, 0) is 44.9 Å². The molecule has 9 heteroatoms. The molecule has 0 atom stereocenters. The zero-order valence-corrected chi connectivity index (χ0v) is 19.8. The van der Waals surface area contributed by atoms with E-state index >= 15 is 0 Å². The number of halogens is 2. The fraction of sp³-hybridized carbons (Fsp3) is 0.588. The van der Waals surface area contributed by atoms with Gasteiger partial charge in [-0.15, -0.1) is 24.0 Å². The van der Waals surface area contributed by atoms with E-state index in [-0.39, 0.29) is 30.5 Å². The van der Waals surface area contributed by atoms with E-state index < -0.39 is 14.6 Å². The highest BCUT2D eigenvalue weighted by Gasteiger charge is 2.29. The summed E-state index contributed by atoms with van der Waals surface area (Å²) >= 11 is 6.24. The minimum absolute atomic E-state index is 0. The van der Waals surface area contributed by atoms with E-state index in [2.05, 4.69) is 15.6 Å². The minimum Gasteiger partial charge on any atom is -0.497 e. The molecule has 0 saturated heterocycles. The molecule has 26 heavy (non-hydrogen) atoms. The largest absolute Gasteiger partial charge is 0.497 e. The number of guanidine groups is 1. The smallest absolute Gasteiger partial charge is 0.191 e. The normalized spacial score (nSPS) is 12.3. The Balaban J connectivity index is 0.00000625. The molecule has 0 unspecified atom stereocenters. The van der Waals surface area contributed by atoms with Crippen LogP contribution in [0.4, 0.5) is 0 Å². The van der Waals surface area contributed by atoms with Crippen LogP contribution in [0.15, 0.2) is 23.2 Å². The first kappa shape index (κ1) is 25.3. The zero-order valence-electron chi connectivity index (χ0n) is 15.9. The van der Waals surface area contributed by atoms with Crippen molar-refractivity contribution in [2.24, 2.45) is 4.99 Å². The van der Waals surface area contributed by atoms with Crippen LogP contribution in [0.3, 0.4) is 0 Å². The summed E-state index contributed by atoms with van der Waals surface area (Å²) in [5.41, 5.74) is 1.00. The van der Waals surface area contributed by atoms with Gasteiger partial charge in [-0.2, -0.15) is 0 Å². The third kappa shape index (κ3) is 7.87. The van der Waals surface area contributed by atoms with Crippen molar-refractivity contribution in [3.05, 3.63) is 28.8 Å². The van der Waals surface area contributed by atoms with E-state index in [0.29, 0.717) is 30.5 Å². The monoisotopic (exact) mass is 517 g/mol. The minimum atomic E-state index is -3.18. The van der Waals surface area contributed by atoms with Gasteiger partial charge in [-0.3, -0.25) is 4.99 Å². The van der Waals surface area contributed by atoms with Crippen LogP contribution in [0.25, 0.3) is 0 Å². The van der Waals surface area contributed by atoms with Crippen LogP contribution in [0.1, 0.15) is 26.3 Å². The number of rotatable bonds is 8. The molecule has 1 rings (SSSR count). The highest BCUT2D eigenvalue weighted by atomic mass is 127. The van der Waals surface area contributed by atoms with Gasteiger partial charge in [0.25, 0.3) is 0 Å². The average molecular weight is 518 g/mol. The number of nitrogens with zero attached hydrogens (tertiary/aromatic N) is 1. The van der Waals surface area contributed by atoms with Gasteiger partial charge in [-0.25, -0.2) is 8.42 Å². The summed E-state index contributed by atoms with van der Waals surface area (Å²) in [7, 11) is -1.58. The lowest BCUT2D eigenvalue weighted by atomic mass is 10.1. The van der Waals surface area contributed by atoms with Crippen LogP contribution >= 0.6 is 35.6 Å². The van der Waals surface area contributed by atoms with Crippen LogP contribution in [0.5, 0.6) is 5.75 Å². The van der Waals surface area contributed by atoms with Crippen molar-refractivity contribution in [1.82, 2.24) is 10.6 Å². The summed E-state index contributed by atoms with van der Waals surface area (Å²) in [6, 6.07) is 5.58. The predicted molar refractivity (Wildman–Crippen MR) is 120 cm³/mol. The lowest BCUT2D eigenvalue weighted by Crippen LogP contribution is -2.41. The van der Waals surface area contributed by atoms with Gasteiger partial charge in [0.05, 0.1) is 18.4 Å². The first-order chi connectivity index (χ1) is 11.6. The Hall–Kier alpha value is -0.740. The number of nitrogens with one attached hydrogen (secondary N) is 2. The van der Waals surface area contributed by atoms with Gasteiger partial charge in [0.2, 0.25) is 0 Å². The van der Waals surface area contributed by atoms with E-state index in [9.17, 15) is 8.42 Å². The van der Waals surface area contributed by atoms with Crippen molar-refractivity contribution in [3.8, 4) is 5.75 Å². The van der Waals surface area contributed by atoms with Crippen molar-refractivity contribution in [2.75, 3.05) is 33.0 Å². The molecule has 0 aliphatic carbocycles. The number of aliphatic imine (C=N–C) groups is 1. The molecule has 0 fully saturated rings. The molecule has 0 aliphatic rings. The van der Waals surface area contributed by atoms with E-state index in [1.165, 1.54) is 6.26 Å². The Kier molecular flexibility index (Phi) is 10.9. The number of ether oxygens (including phenoxy) is 1. The molecule has 2 N–H and O–H groups in total. The molecule has 0 heterocycles. The van der Waals surface area contributed by atoms with E-state index in [4.69, 9.17) is 16.3 Å². The molecule has 0 amide bonds. The van der Waals surface area contributed by atoms with Crippen molar-refractivity contribution in [1.29, 1.82) is 0 Å². The first-order valence-electron chi connectivity index (χ1n) is 8.15. The Morgan fingerprint density at radius 3 is 2.46 bits per heavy atom. The van der Waals surface area contributed by atoms with E-state index in [1.54, 1.807) is 27.0 Å². The second kappa shape index (κ2) is 11.2. The average Bonchev–Trinajstić information content (AvgIpc) is 2.53. The standard InChI is InChI=1S/C17H28ClN3O3S.HI/c1-6-19-16(21-12-17(2,3)25(5,22)23)20-10-9-13-7-8-14(24-4)11-15(13)18;/h7-8,11H,6,9-10,12H2,1-5H3,(H2,19,20,21);1H. The molecule has 0 aliphatic heterocycles. The van der Waals surface area contributed by atoms with Crippen LogP contribution in [0, 0.1) is 0 Å². The van der Waals surface area contributed by atoms with E-state index in [0.717, 1.165) is 11.3 Å². The fourth-order valence-electron chi connectivity index (χ4n) is 1.90. The molecule has 1 aromatic carbocycles. The number of sulfone groups is 1. The van der Waals surface area contributed by atoms with Gasteiger partial charge in [-0.1, -0.05) is 17.7 Å². The maximum atomic E-state index is 11.8. The van der Waals surface area contributed by atoms with Crippen molar-refractivity contribution >= 4 is 51.4 Å². The molecular formula is C17H29ClIN3O3S. The first-order valence-corrected chi connectivity index (χ1v) is 10.4. The molecule has 150 valence electrons.